The maximum atomic E-state index is 12.0. The van der Waals surface area contributed by atoms with Crippen LogP contribution in [-0.4, -0.2) is 29.7 Å². The van der Waals surface area contributed by atoms with Gasteiger partial charge in [0.05, 0.1) is 6.61 Å². The molecule has 1 aliphatic heterocycles. The van der Waals surface area contributed by atoms with Crippen LogP contribution in [0.15, 0.2) is 36.4 Å². The highest BCUT2D eigenvalue weighted by Gasteiger charge is 2.35. The third kappa shape index (κ3) is 2.74. The zero-order valence-electron chi connectivity index (χ0n) is 10.2. The lowest BCUT2D eigenvalue weighted by atomic mass is 10.2. The average Bonchev–Trinajstić information content (AvgIpc) is 2.67. The molecule has 0 spiro atoms. The molecule has 0 aromatic heterocycles. The summed E-state index contributed by atoms with van der Waals surface area (Å²) in [5, 5.41) is 0. The molecule has 1 aliphatic rings. The van der Waals surface area contributed by atoms with E-state index in [0.29, 0.717) is 13.2 Å². The quantitative estimate of drug-likeness (QED) is 0.731. The maximum absolute atomic E-state index is 12.0. The number of carbonyl (C=O) groups excluding carboxylic acids is 1. The predicted octanol–water partition coefficient (Wildman–Crippen LogP) is 2.29. The van der Waals surface area contributed by atoms with Gasteiger partial charge in [-0.05, 0) is 25.5 Å². The van der Waals surface area contributed by atoms with Crippen LogP contribution in [0.4, 0.5) is 0 Å². The van der Waals surface area contributed by atoms with Crippen molar-refractivity contribution in [2.45, 2.75) is 19.6 Å². The average molecular weight is 231 g/mol. The standard InChI is InChI=1S/C14H17NO2/c1-14(2)15(10-11-17-14)13(16)9-8-12-6-4-3-5-7-12/h3-9H,10-11H2,1-2H3/b9-8+. The summed E-state index contributed by atoms with van der Waals surface area (Å²) in [4.78, 5) is 13.7. The molecule has 0 bridgehead atoms. The zero-order valence-corrected chi connectivity index (χ0v) is 10.2. The Bertz CT molecular complexity index is 423. The molecule has 1 aromatic carbocycles. The SMILES string of the molecule is CC1(C)OCCN1C(=O)/C=C/c1ccccc1. The van der Waals surface area contributed by atoms with Crippen LogP contribution < -0.4 is 0 Å². The fourth-order valence-electron chi connectivity index (χ4n) is 1.93. The summed E-state index contributed by atoms with van der Waals surface area (Å²) >= 11 is 0. The van der Waals surface area contributed by atoms with Gasteiger partial charge in [-0.25, -0.2) is 0 Å². The largest absolute Gasteiger partial charge is 0.354 e. The van der Waals surface area contributed by atoms with Gasteiger partial charge in [-0.15, -0.1) is 0 Å². The molecule has 0 atom stereocenters. The molecule has 17 heavy (non-hydrogen) atoms. The van der Waals surface area contributed by atoms with Crippen LogP contribution in [0.25, 0.3) is 6.08 Å². The van der Waals surface area contributed by atoms with Crippen molar-refractivity contribution >= 4 is 12.0 Å². The molecule has 1 fully saturated rings. The molecular weight excluding hydrogens is 214 g/mol. The minimum Gasteiger partial charge on any atom is -0.354 e. The van der Waals surface area contributed by atoms with E-state index in [2.05, 4.69) is 0 Å². The molecule has 1 heterocycles. The van der Waals surface area contributed by atoms with Crippen molar-refractivity contribution in [2.24, 2.45) is 0 Å². The zero-order chi connectivity index (χ0) is 12.3. The van der Waals surface area contributed by atoms with Crippen molar-refractivity contribution in [3.63, 3.8) is 0 Å². The van der Waals surface area contributed by atoms with Crippen LogP contribution in [0.1, 0.15) is 19.4 Å². The summed E-state index contributed by atoms with van der Waals surface area (Å²) in [6.45, 7) is 5.09. The van der Waals surface area contributed by atoms with E-state index in [4.69, 9.17) is 4.74 Å². The van der Waals surface area contributed by atoms with Crippen molar-refractivity contribution in [1.82, 2.24) is 4.90 Å². The van der Waals surface area contributed by atoms with Gasteiger partial charge in [-0.3, -0.25) is 4.79 Å². The summed E-state index contributed by atoms with van der Waals surface area (Å²) in [7, 11) is 0. The van der Waals surface area contributed by atoms with E-state index in [1.54, 1.807) is 11.0 Å². The lowest BCUT2D eigenvalue weighted by Gasteiger charge is -2.28. The number of carbonyl (C=O) groups is 1. The summed E-state index contributed by atoms with van der Waals surface area (Å²) in [6.07, 6.45) is 3.43. The second-order valence-electron chi connectivity index (χ2n) is 4.53. The Hall–Kier alpha value is -1.61. The molecule has 3 nitrogen and oxygen atoms in total. The molecule has 0 N–H and O–H groups in total. The maximum Gasteiger partial charge on any atom is 0.248 e. The van der Waals surface area contributed by atoms with Gasteiger partial charge >= 0.3 is 0 Å². The van der Waals surface area contributed by atoms with E-state index < -0.39 is 5.72 Å². The monoisotopic (exact) mass is 231 g/mol. The van der Waals surface area contributed by atoms with Crippen LogP contribution in [0.3, 0.4) is 0 Å². The molecule has 3 heteroatoms. The lowest BCUT2D eigenvalue weighted by molar-refractivity contribution is -0.138. The van der Waals surface area contributed by atoms with Crippen molar-refractivity contribution in [3.05, 3.63) is 42.0 Å². The molecule has 2 rings (SSSR count). The van der Waals surface area contributed by atoms with E-state index in [0.717, 1.165) is 5.56 Å². The number of ether oxygens (including phenoxy) is 1. The van der Waals surface area contributed by atoms with Gasteiger partial charge in [-0.2, -0.15) is 0 Å². The van der Waals surface area contributed by atoms with Crippen LogP contribution >= 0.6 is 0 Å². The number of nitrogens with zero attached hydrogens (tertiary/aromatic N) is 1. The lowest BCUT2D eigenvalue weighted by Crippen LogP contribution is -2.42. The topological polar surface area (TPSA) is 29.5 Å². The Morgan fingerprint density at radius 2 is 2.06 bits per heavy atom. The Labute approximate surface area is 102 Å². The number of hydrogen-bond acceptors (Lipinski definition) is 2. The molecule has 0 saturated carbocycles. The Morgan fingerprint density at radius 3 is 2.65 bits per heavy atom. The minimum absolute atomic E-state index is 0.00338. The van der Waals surface area contributed by atoms with Crippen LogP contribution in [0.2, 0.25) is 0 Å². The Morgan fingerprint density at radius 1 is 1.35 bits per heavy atom. The number of benzene rings is 1. The highest BCUT2D eigenvalue weighted by atomic mass is 16.5. The Balaban J connectivity index is 2.05. The minimum atomic E-state index is -0.488. The van der Waals surface area contributed by atoms with Gasteiger partial charge in [-0.1, -0.05) is 30.3 Å². The second kappa shape index (κ2) is 4.72. The molecular formula is C14H17NO2. The first-order valence-corrected chi connectivity index (χ1v) is 5.78. The highest BCUT2D eigenvalue weighted by Crippen LogP contribution is 2.22. The van der Waals surface area contributed by atoms with Crippen molar-refractivity contribution in [1.29, 1.82) is 0 Å². The molecule has 90 valence electrons. The third-order valence-electron chi connectivity index (χ3n) is 2.90. The predicted molar refractivity (Wildman–Crippen MR) is 67.2 cm³/mol. The summed E-state index contributed by atoms with van der Waals surface area (Å²) in [5.74, 6) is -0.00338. The van der Waals surface area contributed by atoms with Crippen LogP contribution in [0.5, 0.6) is 0 Å². The van der Waals surface area contributed by atoms with E-state index >= 15 is 0 Å². The van der Waals surface area contributed by atoms with E-state index in [1.165, 1.54) is 0 Å². The van der Waals surface area contributed by atoms with Crippen molar-refractivity contribution in [3.8, 4) is 0 Å². The molecule has 1 saturated heterocycles. The molecule has 0 unspecified atom stereocenters. The number of rotatable bonds is 2. The van der Waals surface area contributed by atoms with E-state index in [-0.39, 0.29) is 5.91 Å². The first kappa shape index (κ1) is 11.9. The van der Waals surface area contributed by atoms with Crippen LogP contribution in [0, 0.1) is 0 Å². The molecule has 1 aromatic rings. The van der Waals surface area contributed by atoms with Gasteiger partial charge in [0.1, 0.15) is 5.72 Å². The summed E-state index contributed by atoms with van der Waals surface area (Å²) in [5.41, 5.74) is 0.539. The first-order valence-electron chi connectivity index (χ1n) is 5.78. The smallest absolute Gasteiger partial charge is 0.248 e. The van der Waals surface area contributed by atoms with Gasteiger partial charge in [0.2, 0.25) is 5.91 Å². The molecule has 0 aliphatic carbocycles. The van der Waals surface area contributed by atoms with Crippen molar-refractivity contribution < 1.29 is 9.53 Å². The highest BCUT2D eigenvalue weighted by molar-refractivity contribution is 5.92. The van der Waals surface area contributed by atoms with E-state index in [9.17, 15) is 4.79 Å². The van der Waals surface area contributed by atoms with Gasteiger partial charge in [0.25, 0.3) is 0 Å². The third-order valence-corrected chi connectivity index (χ3v) is 2.90. The molecule has 0 radical (unpaired) electrons. The van der Waals surface area contributed by atoms with Gasteiger partial charge in [0.15, 0.2) is 0 Å². The summed E-state index contributed by atoms with van der Waals surface area (Å²) < 4.78 is 5.50. The summed E-state index contributed by atoms with van der Waals surface area (Å²) in [6, 6.07) is 9.79. The normalized spacial score (nSPS) is 18.8. The van der Waals surface area contributed by atoms with E-state index in [1.807, 2.05) is 50.3 Å². The van der Waals surface area contributed by atoms with Crippen molar-refractivity contribution in [2.75, 3.05) is 13.2 Å². The Kier molecular flexibility index (Phi) is 3.29. The van der Waals surface area contributed by atoms with Crippen LogP contribution in [-0.2, 0) is 9.53 Å². The number of hydrogen-bond donors (Lipinski definition) is 0. The van der Waals surface area contributed by atoms with Gasteiger partial charge < -0.3 is 9.64 Å². The second-order valence-corrected chi connectivity index (χ2v) is 4.53. The molecule has 1 amide bonds. The fraction of sp³-hybridized carbons (Fsp3) is 0.357. The number of amides is 1. The van der Waals surface area contributed by atoms with Gasteiger partial charge in [0, 0.05) is 12.6 Å². The first-order chi connectivity index (χ1) is 8.09. The fourth-order valence-corrected chi connectivity index (χ4v) is 1.93.